The fourth-order valence-corrected chi connectivity index (χ4v) is 164. The molecule has 0 radical (unpaired) electrons. The molecule has 0 nitrogen and oxygen atoms in total. The quantitative estimate of drug-likeness (QED) is 0.143. The van der Waals surface area contributed by atoms with Crippen molar-refractivity contribution in [1.82, 2.24) is 0 Å². The van der Waals surface area contributed by atoms with E-state index in [9.17, 15) is 0 Å². The third-order valence-electron chi connectivity index (χ3n) is 8.93. The molecule has 0 aliphatic rings. The molecule has 0 fully saturated rings. The summed E-state index contributed by atoms with van der Waals surface area (Å²) in [6, 6.07) is 0. The van der Waals surface area contributed by atoms with E-state index in [4.69, 9.17) is 0 Å². The van der Waals surface area contributed by atoms with Crippen LogP contribution >= 0.6 is 38.4 Å². The molecule has 5 heteroatoms. The van der Waals surface area contributed by atoms with Gasteiger partial charge in [0.2, 0.25) is 0 Å². The maximum absolute atomic E-state index is 3.45. The molecule has 0 saturated carbocycles. The number of rotatable bonds is 12. The van der Waals surface area contributed by atoms with Crippen LogP contribution < -0.4 is 0 Å². The Morgan fingerprint density at radius 1 is 0.312 bits per heavy atom. The molecule has 0 spiro atoms. The third kappa shape index (κ3) is 4.63. The van der Waals surface area contributed by atoms with Gasteiger partial charge in [-0.3, -0.25) is 0 Å². The minimum atomic E-state index is -1.71. The van der Waals surface area contributed by atoms with Crippen molar-refractivity contribution in [1.29, 1.82) is 0 Å². The maximum atomic E-state index is 3.45. The molecule has 0 heterocycles. The van der Waals surface area contributed by atoms with Crippen LogP contribution in [0, 0.1) is 0 Å². The van der Waals surface area contributed by atoms with Gasteiger partial charge in [-0.05, 0) is 0 Å². The van der Waals surface area contributed by atoms with Crippen LogP contribution in [0.2, 0.25) is 0 Å². The second kappa shape index (κ2) is 12.4. The van der Waals surface area contributed by atoms with Gasteiger partial charge in [0.15, 0.2) is 0 Å². The normalized spacial score (nSPS) is 19.4. The van der Waals surface area contributed by atoms with Crippen LogP contribution in [0.1, 0.15) is 125 Å². The molecular formula is C27H66CoIP3. The van der Waals surface area contributed by atoms with Crippen molar-refractivity contribution in [2.24, 2.45) is 0 Å². The van der Waals surface area contributed by atoms with E-state index >= 15 is 0 Å². The van der Waals surface area contributed by atoms with Crippen LogP contribution in [0.4, 0.5) is 0 Å². The molecule has 0 aromatic heterocycles. The van der Waals surface area contributed by atoms with Crippen LogP contribution in [0.25, 0.3) is 0 Å². The summed E-state index contributed by atoms with van der Waals surface area (Å²) in [7, 11) is -1.28. The van der Waals surface area contributed by atoms with Crippen molar-refractivity contribution < 1.29 is 8.09 Å². The van der Waals surface area contributed by atoms with Crippen molar-refractivity contribution in [3.63, 3.8) is 0 Å². The SMILES string of the molecule is CC(C)[PH](C(C)C)(C(C)C)[Co]([I])([PH](C(C)C)(C(C)C)C(C)C)[PH](C(C)C)(C(C)C)C(C)C. The first-order valence-electron chi connectivity index (χ1n) is 13.6. The zero-order valence-electron chi connectivity index (χ0n) is 25.4. The van der Waals surface area contributed by atoms with E-state index in [1.807, 2.05) is 0 Å². The summed E-state index contributed by atoms with van der Waals surface area (Å²) in [5, 5.41) is 0. The molecule has 0 aliphatic carbocycles. The molecular weight excluding hydrogens is 603 g/mol. The first kappa shape index (κ1) is 34.5. The summed E-state index contributed by atoms with van der Waals surface area (Å²) in [5.74, 6) is -5.13. The Kier molecular flexibility index (Phi) is 13.4. The summed E-state index contributed by atoms with van der Waals surface area (Å²) in [6.07, 6.45) is 0. The van der Waals surface area contributed by atoms with E-state index in [2.05, 4.69) is 145 Å². The van der Waals surface area contributed by atoms with E-state index in [-0.39, 0.29) is 0 Å². The van der Waals surface area contributed by atoms with Crippen molar-refractivity contribution in [3.05, 3.63) is 0 Å². The predicted octanol–water partition coefficient (Wildman–Crippen LogP) is 11.2. The van der Waals surface area contributed by atoms with Crippen LogP contribution in [-0.2, 0) is 8.09 Å². The summed E-state index contributed by atoms with van der Waals surface area (Å²) in [6.45, 7) is 48.2. The van der Waals surface area contributed by atoms with Crippen LogP contribution in [0.15, 0.2) is 0 Å². The molecule has 0 bridgehead atoms. The molecule has 32 heavy (non-hydrogen) atoms. The second-order valence-electron chi connectivity index (χ2n) is 13.2. The fourth-order valence-electron chi connectivity index (χ4n) is 9.14. The van der Waals surface area contributed by atoms with Crippen molar-refractivity contribution >= 4 is 38.4 Å². The van der Waals surface area contributed by atoms with Gasteiger partial charge < -0.3 is 0 Å². The number of halogens is 1. The number of hydrogen-bond acceptors (Lipinski definition) is 0. The van der Waals surface area contributed by atoms with Crippen LogP contribution in [-0.4, -0.2) is 50.9 Å². The Morgan fingerprint density at radius 3 is 0.469 bits per heavy atom. The molecule has 205 valence electrons. The van der Waals surface area contributed by atoms with Gasteiger partial charge in [-0.15, -0.1) is 0 Å². The van der Waals surface area contributed by atoms with Crippen LogP contribution in [0.3, 0.4) is 0 Å². The van der Waals surface area contributed by atoms with E-state index in [1.165, 1.54) is 0 Å². The van der Waals surface area contributed by atoms with Crippen molar-refractivity contribution in [3.8, 4) is 0 Å². The molecule has 0 aliphatic heterocycles. The Balaban J connectivity index is 8.62. The molecule has 0 saturated heterocycles. The van der Waals surface area contributed by atoms with Gasteiger partial charge in [-0.2, -0.15) is 0 Å². The van der Waals surface area contributed by atoms with Gasteiger partial charge in [0.1, 0.15) is 0 Å². The Hall–Kier alpha value is 2.53. The second-order valence-corrected chi connectivity index (χ2v) is 61.0. The van der Waals surface area contributed by atoms with E-state index in [0.29, 0.717) is 0 Å². The molecule has 0 amide bonds. The van der Waals surface area contributed by atoms with Gasteiger partial charge in [-0.1, -0.05) is 0 Å². The summed E-state index contributed by atoms with van der Waals surface area (Å²) < 4.78 is 0. The molecule has 0 N–H and O–H groups in total. The molecule has 0 aromatic carbocycles. The average Bonchev–Trinajstić information content (AvgIpc) is 2.52. The van der Waals surface area contributed by atoms with Crippen molar-refractivity contribution in [2.45, 2.75) is 176 Å². The van der Waals surface area contributed by atoms with Gasteiger partial charge in [0, 0.05) is 0 Å². The average molecular weight is 670 g/mol. The molecule has 0 unspecified atom stereocenters. The fraction of sp³-hybridized carbons (Fsp3) is 1.00. The zero-order chi connectivity index (χ0) is 26.2. The predicted molar refractivity (Wildman–Crippen MR) is 175 cm³/mol. The summed E-state index contributed by atoms with van der Waals surface area (Å²) in [5.41, 5.74) is 7.73. The Morgan fingerprint density at radius 2 is 0.406 bits per heavy atom. The Labute approximate surface area is 220 Å². The van der Waals surface area contributed by atoms with Gasteiger partial charge in [0.05, 0.1) is 0 Å². The summed E-state index contributed by atoms with van der Waals surface area (Å²) in [4.78, 5) is 0. The first-order chi connectivity index (χ1) is 14.2. The minimum absolute atomic E-state index is 0.859. The van der Waals surface area contributed by atoms with E-state index < -0.39 is 26.1 Å². The van der Waals surface area contributed by atoms with Gasteiger partial charge in [-0.25, -0.2) is 0 Å². The molecule has 0 atom stereocenters. The van der Waals surface area contributed by atoms with Gasteiger partial charge >= 0.3 is 222 Å². The number of hydrogen-bond donors (Lipinski definition) is 0. The first-order valence-corrected chi connectivity index (χ1v) is 27.9. The Bertz CT molecular complexity index is 435. The molecule has 0 rings (SSSR count). The summed E-state index contributed by atoms with van der Waals surface area (Å²) >= 11 is 3.45. The molecule has 0 aromatic rings. The van der Waals surface area contributed by atoms with Gasteiger partial charge in [0.25, 0.3) is 0 Å². The standard InChI is InChI=1S/3C9H21P.Co.HI/c3*1-7(2)10(8(3)4)9(5)6;;/h3*7-9H,1-6H3;;1H/q;;;-2;/p+2. The van der Waals surface area contributed by atoms with Crippen LogP contribution in [0.5, 0.6) is 0 Å². The monoisotopic (exact) mass is 669 g/mol. The van der Waals surface area contributed by atoms with Crippen molar-refractivity contribution in [2.75, 3.05) is 0 Å². The third-order valence-corrected chi connectivity index (χ3v) is 98.7. The topological polar surface area (TPSA) is 0 Å². The zero-order valence-corrected chi connectivity index (χ0v) is 31.6. The van der Waals surface area contributed by atoms with E-state index in [1.54, 1.807) is 0 Å². The van der Waals surface area contributed by atoms with E-state index in [0.717, 1.165) is 50.9 Å².